The third-order valence-corrected chi connectivity index (χ3v) is 6.72. The number of hydrogen-bond donors (Lipinski definition) is 0. The number of thiophene rings is 1. The van der Waals surface area contributed by atoms with Crippen molar-refractivity contribution in [3.8, 4) is 0 Å². The van der Waals surface area contributed by atoms with Crippen LogP contribution >= 0.6 is 11.3 Å². The normalized spacial score (nSPS) is 24.3. The Morgan fingerprint density at radius 2 is 1.92 bits per heavy atom. The molecule has 2 aromatic rings. The summed E-state index contributed by atoms with van der Waals surface area (Å²) in [6, 6.07) is 12.8. The van der Waals surface area contributed by atoms with Gasteiger partial charge in [-0.1, -0.05) is 30.3 Å². The average molecular weight is 369 g/mol. The number of piperidine rings is 2. The lowest BCUT2D eigenvalue weighted by Gasteiger charge is -2.48. The van der Waals surface area contributed by atoms with Crippen molar-refractivity contribution >= 4 is 17.2 Å². The van der Waals surface area contributed by atoms with E-state index in [-0.39, 0.29) is 0 Å². The van der Waals surface area contributed by atoms with Gasteiger partial charge >= 0.3 is 0 Å². The summed E-state index contributed by atoms with van der Waals surface area (Å²) in [5.74, 6) is 0.349. The third-order valence-electron chi connectivity index (χ3n) is 5.99. The minimum Gasteiger partial charge on any atom is -0.342 e. The fourth-order valence-corrected chi connectivity index (χ4v) is 5.29. The molecule has 1 aromatic carbocycles. The van der Waals surface area contributed by atoms with Gasteiger partial charge in [0.1, 0.15) is 0 Å². The van der Waals surface area contributed by atoms with Crippen LogP contribution in [0.5, 0.6) is 0 Å². The topological polar surface area (TPSA) is 23.6 Å². The summed E-state index contributed by atoms with van der Waals surface area (Å²) in [5.41, 5.74) is 3.06. The molecule has 1 atom stereocenters. The number of rotatable bonds is 5. The zero-order valence-corrected chi connectivity index (χ0v) is 16.2. The van der Waals surface area contributed by atoms with Gasteiger partial charge in [0.2, 0.25) is 5.91 Å². The molecule has 2 aliphatic rings. The Bertz CT molecular complexity index is 715. The van der Waals surface area contributed by atoms with Crippen molar-refractivity contribution < 1.29 is 4.79 Å². The molecule has 0 unspecified atom stereocenters. The first-order valence-electron chi connectivity index (χ1n) is 9.78. The first-order valence-corrected chi connectivity index (χ1v) is 10.7. The Kier molecular flexibility index (Phi) is 5.41. The molecule has 4 rings (SSSR count). The molecule has 2 fully saturated rings. The molecule has 26 heavy (non-hydrogen) atoms. The number of nitrogens with zero attached hydrogens (tertiary/aromatic N) is 2. The van der Waals surface area contributed by atoms with Gasteiger partial charge in [-0.3, -0.25) is 9.69 Å². The second-order valence-corrected chi connectivity index (χ2v) is 8.78. The van der Waals surface area contributed by atoms with Gasteiger partial charge < -0.3 is 4.90 Å². The first kappa shape index (κ1) is 17.7. The summed E-state index contributed by atoms with van der Waals surface area (Å²) in [6.45, 7) is 5.19. The fraction of sp³-hybridized carbons (Fsp3) is 0.500. The number of amides is 1. The summed E-state index contributed by atoms with van der Waals surface area (Å²) < 4.78 is 0. The van der Waals surface area contributed by atoms with Crippen molar-refractivity contribution in [1.82, 2.24) is 9.80 Å². The Morgan fingerprint density at radius 1 is 1.04 bits per heavy atom. The molecule has 2 saturated heterocycles. The summed E-state index contributed by atoms with van der Waals surface area (Å²) in [5, 5.41) is 4.43. The van der Waals surface area contributed by atoms with Crippen LogP contribution in [-0.2, 0) is 17.8 Å². The highest BCUT2D eigenvalue weighted by Gasteiger charge is 2.41. The van der Waals surface area contributed by atoms with Crippen molar-refractivity contribution in [1.29, 1.82) is 0 Å². The van der Waals surface area contributed by atoms with Crippen LogP contribution in [0.4, 0.5) is 0 Å². The number of likely N-dealkylation sites (tertiary alicyclic amines) is 2. The van der Waals surface area contributed by atoms with E-state index in [2.05, 4.69) is 57.0 Å². The Morgan fingerprint density at radius 3 is 2.73 bits per heavy atom. The highest BCUT2D eigenvalue weighted by atomic mass is 32.1. The SMILES string of the molecule is O=C1CC[C@]2(CCCN(Cc3ccsc3)C2)CN1CCc1ccccc1. The molecular weight excluding hydrogens is 340 g/mol. The van der Waals surface area contributed by atoms with Crippen molar-refractivity contribution in [2.75, 3.05) is 26.2 Å². The first-order chi connectivity index (χ1) is 12.7. The monoisotopic (exact) mass is 368 g/mol. The molecule has 0 saturated carbocycles. The second kappa shape index (κ2) is 7.93. The molecule has 0 aliphatic carbocycles. The lowest BCUT2D eigenvalue weighted by molar-refractivity contribution is -0.139. The van der Waals surface area contributed by atoms with Crippen LogP contribution in [0.2, 0.25) is 0 Å². The quantitative estimate of drug-likeness (QED) is 0.790. The van der Waals surface area contributed by atoms with Crippen LogP contribution in [0.3, 0.4) is 0 Å². The zero-order valence-electron chi connectivity index (χ0n) is 15.4. The van der Waals surface area contributed by atoms with Gasteiger partial charge in [-0.2, -0.15) is 11.3 Å². The van der Waals surface area contributed by atoms with E-state index in [0.717, 1.165) is 45.4 Å². The Labute approximate surface area is 160 Å². The van der Waals surface area contributed by atoms with Crippen molar-refractivity contribution in [2.45, 2.75) is 38.6 Å². The maximum absolute atomic E-state index is 12.5. The van der Waals surface area contributed by atoms with Crippen LogP contribution in [-0.4, -0.2) is 41.9 Å². The van der Waals surface area contributed by atoms with Gasteiger partial charge in [0.05, 0.1) is 0 Å². The standard InChI is InChI=1S/C22H28N2OS/c25-21-7-11-22(18-24(21)13-8-19-5-2-1-3-6-19)10-4-12-23(17-22)15-20-9-14-26-16-20/h1-3,5-6,9,14,16H,4,7-8,10-13,15,17-18H2/t22-/m0/s1. The average Bonchev–Trinajstić information content (AvgIpc) is 3.17. The molecule has 1 spiro atoms. The molecule has 0 bridgehead atoms. The van der Waals surface area contributed by atoms with Gasteiger partial charge in [-0.15, -0.1) is 0 Å². The lowest BCUT2D eigenvalue weighted by Crippen LogP contribution is -2.54. The fourth-order valence-electron chi connectivity index (χ4n) is 4.63. The molecule has 3 heterocycles. The highest BCUT2D eigenvalue weighted by molar-refractivity contribution is 7.07. The highest BCUT2D eigenvalue weighted by Crippen LogP contribution is 2.39. The van der Waals surface area contributed by atoms with Gasteiger partial charge in [0, 0.05) is 38.0 Å². The van der Waals surface area contributed by atoms with E-state index in [1.165, 1.54) is 30.5 Å². The maximum Gasteiger partial charge on any atom is 0.222 e. The molecule has 138 valence electrons. The zero-order chi connectivity index (χ0) is 17.8. The Hall–Kier alpha value is -1.65. The van der Waals surface area contributed by atoms with Crippen LogP contribution in [0.25, 0.3) is 0 Å². The predicted molar refractivity (Wildman–Crippen MR) is 107 cm³/mol. The number of hydrogen-bond acceptors (Lipinski definition) is 3. The van der Waals surface area contributed by atoms with E-state index >= 15 is 0 Å². The van der Waals surface area contributed by atoms with E-state index in [4.69, 9.17) is 0 Å². The molecule has 0 radical (unpaired) electrons. The molecule has 3 nitrogen and oxygen atoms in total. The second-order valence-electron chi connectivity index (χ2n) is 8.00. The van der Waals surface area contributed by atoms with Gasteiger partial charge in [0.25, 0.3) is 0 Å². The maximum atomic E-state index is 12.5. The van der Waals surface area contributed by atoms with E-state index < -0.39 is 0 Å². The van der Waals surface area contributed by atoms with Crippen LogP contribution in [0.15, 0.2) is 47.2 Å². The molecule has 2 aliphatic heterocycles. The Balaban J connectivity index is 1.38. The summed E-state index contributed by atoms with van der Waals surface area (Å²) in [6.07, 6.45) is 5.27. The van der Waals surface area contributed by atoms with Crippen molar-refractivity contribution in [3.05, 3.63) is 58.3 Å². The lowest BCUT2D eigenvalue weighted by atomic mass is 9.73. The van der Waals surface area contributed by atoms with Crippen molar-refractivity contribution in [3.63, 3.8) is 0 Å². The molecule has 4 heteroatoms. The predicted octanol–water partition coefficient (Wildman–Crippen LogP) is 4.20. The van der Waals surface area contributed by atoms with Crippen LogP contribution in [0, 0.1) is 5.41 Å². The minimum absolute atomic E-state index is 0.304. The number of carbonyl (C=O) groups is 1. The third kappa shape index (κ3) is 4.18. The molecular formula is C22H28N2OS. The summed E-state index contributed by atoms with van der Waals surface area (Å²) in [4.78, 5) is 17.2. The summed E-state index contributed by atoms with van der Waals surface area (Å²) >= 11 is 1.78. The summed E-state index contributed by atoms with van der Waals surface area (Å²) in [7, 11) is 0. The smallest absolute Gasteiger partial charge is 0.222 e. The van der Waals surface area contributed by atoms with Gasteiger partial charge in [-0.05, 0) is 60.2 Å². The molecule has 1 aromatic heterocycles. The number of carbonyl (C=O) groups excluding carboxylic acids is 1. The van der Waals surface area contributed by atoms with Crippen LogP contribution in [0.1, 0.15) is 36.8 Å². The van der Waals surface area contributed by atoms with Gasteiger partial charge in [0.15, 0.2) is 0 Å². The van der Waals surface area contributed by atoms with E-state index in [1.54, 1.807) is 11.3 Å². The van der Waals surface area contributed by atoms with E-state index in [1.807, 2.05) is 0 Å². The number of benzene rings is 1. The van der Waals surface area contributed by atoms with Gasteiger partial charge in [-0.25, -0.2) is 0 Å². The minimum atomic E-state index is 0.304. The van der Waals surface area contributed by atoms with Crippen molar-refractivity contribution in [2.24, 2.45) is 5.41 Å². The van der Waals surface area contributed by atoms with Crippen LogP contribution < -0.4 is 0 Å². The van der Waals surface area contributed by atoms with E-state index in [0.29, 0.717) is 11.3 Å². The largest absolute Gasteiger partial charge is 0.342 e. The molecule has 0 N–H and O–H groups in total. The van der Waals surface area contributed by atoms with E-state index in [9.17, 15) is 4.79 Å². The molecule has 1 amide bonds.